The summed E-state index contributed by atoms with van der Waals surface area (Å²) < 4.78 is 21.8. The van der Waals surface area contributed by atoms with Crippen molar-refractivity contribution in [1.29, 1.82) is 0 Å². The summed E-state index contributed by atoms with van der Waals surface area (Å²) in [5.74, 6) is 0.655. The average Bonchev–Trinajstić information content (AvgIpc) is 2.88. The van der Waals surface area contributed by atoms with Gasteiger partial charge in [-0.3, -0.25) is 0 Å². The molecule has 0 aromatic heterocycles. The van der Waals surface area contributed by atoms with Gasteiger partial charge in [-0.1, -0.05) is 15.9 Å². The van der Waals surface area contributed by atoms with Gasteiger partial charge in [0.1, 0.15) is 0 Å². The van der Waals surface area contributed by atoms with Gasteiger partial charge in [-0.15, -0.1) is 0 Å². The lowest BCUT2D eigenvalue weighted by atomic mass is 10.1. The van der Waals surface area contributed by atoms with Gasteiger partial charge >= 0.3 is 0 Å². The zero-order valence-corrected chi connectivity index (χ0v) is 11.5. The summed E-state index contributed by atoms with van der Waals surface area (Å²) >= 11 is 3.43. The Balaban J connectivity index is 2.38. The summed E-state index contributed by atoms with van der Waals surface area (Å²) in [6.45, 7) is 1.19. The number of hydrogen-bond acceptors (Lipinski definition) is 4. The number of alkyl halides is 1. The number of rotatable bonds is 4. The maximum absolute atomic E-state index is 5.68. The molecule has 1 aromatic rings. The number of ether oxygens (including phenoxy) is 4. The van der Waals surface area contributed by atoms with Gasteiger partial charge in [-0.25, -0.2) is 0 Å². The third-order valence-corrected chi connectivity index (χ3v) is 3.49. The van der Waals surface area contributed by atoms with Crippen LogP contribution in [0.15, 0.2) is 18.2 Å². The van der Waals surface area contributed by atoms with Crippen LogP contribution in [0.1, 0.15) is 5.56 Å². The van der Waals surface area contributed by atoms with E-state index in [4.69, 9.17) is 18.9 Å². The van der Waals surface area contributed by atoms with Crippen LogP contribution >= 0.6 is 15.9 Å². The predicted octanol–water partition coefficient (Wildman–Crippen LogP) is 2.30. The van der Waals surface area contributed by atoms with Crippen LogP contribution in [0, 0.1) is 0 Å². The Bertz CT molecular complexity index is 388. The Kier molecular flexibility index (Phi) is 3.91. The highest BCUT2D eigenvalue weighted by molar-refractivity contribution is 9.09. The van der Waals surface area contributed by atoms with Gasteiger partial charge in [0, 0.05) is 5.56 Å². The molecule has 0 atom stereocenters. The largest absolute Gasteiger partial charge is 0.493 e. The quantitative estimate of drug-likeness (QED) is 0.800. The lowest BCUT2D eigenvalue weighted by Gasteiger charge is -2.26. The molecule has 0 aliphatic carbocycles. The first-order valence-electron chi connectivity index (χ1n) is 5.32. The van der Waals surface area contributed by atoms with E-state index >= 15 is 0 Å². The summed E-state index contributed by atoms with van der Waals surface area (Å²) in [5, 5.41) is 0.579. The molecule has 0 spiro atoms. The monoisotopic (exact) mass is 302 g/mol. The lowest BCUT2D eigenvalue weighted by Crippen LogP contribution is -2.28. The molecule has 5 heteroatoms. The number of benzene rings is 1. The fourth-order valence-corrected chi connectivity index (χ4v) is 2.50. The van der Waals surface area contributed by atoms with Crippen molar-refractivity contribution in [3.8, 4) is 11.5 Å². The van der Waals surface area contributed by atoms with Crippen molar-refractivity contribution >= 4 is 15.9 Å². The van der Waals surface area contributed by atoms with Gasteiger partial charge in [-0.2, -0.15) is 0 Å². The molecule has 17 heavy (non-hydrogen) atoms. The van der Waals surface area contributed by atoms with E-state index in [9.17, 15) is 0 Å². The Morgan fingerprint density at radius 1 is 1.18 bits per heavy atom. The average molecular weight is 303 g/mol. The van der Waals surface area contributed by atoms with Gasteiger partial charge in [0.05, 0.1) is 32.8 Å². The van der Waals surface area contributed by atoms with Gasteiger partial charge in [-0.05, 0) is 18.2 Å². The number of hydrogen-bond donors (Lipinski definition) is 0. The topological polar surface area (TPSA) is 36.9 Å². The molecule has 94 valence electrons. The van der Waals surface area contributed by atoms with Crippen molar-refractivity contribution in [2.75, 3.05) is 32.8 Å². The van der Waals surface area contributed by atoms with E-state index in [1.54, 1.807) is 14.2 Å². The molecule has 0 saturated carbocycles. The van der Waals surface area contributed by atoms with Crippen LogP contribution in [0.25, 0.3) is 0 Å². The highest BCUT2D eigenvalue weighted by atomic mass is 79.9. The summed E-state index contributed by atoms with van der Waals surface area (Å²) in [6, 6.07) is 5.66. The zero-order valence-electron chi connectivity index (χ0n) is 9.86. The SMILES string of the molecule is COc1ccc(C2(CBr)OCCO2)cc1OC. The molecule has 0 bridgehead atoms. The molecule has 1 fully saturated rings. The van der Waals surface area contributed by atoms with Gasteiger partial charge in [0.25, 0.3) is 0 Å². The summed E-state index contributed by atoms with van der Waals surface area (Å²) in [5.41, 5.74) is 0.921. The first kappa shape index (κ1) is 12.7. The fraction of sp³-hybridized carbons (Fsp3) is 0.500. The van der Waals surface area contributed by atoms with Crippen LogP contribution in [-0.4, -0.2) is 32.8 Å². The Morgan fingerprint density at radius 2 is 1.82 bits per heavy atom. The fourth-order valence-electron chi connectivity index (χ4n) is 1.85. The molecule has 0 N–H and O–H groups in total. The van der Waals surface area contributed by atoms with Gasteiger partial charge in [0.2, 0.25) is 5.79 Å². The molecular formula is C12H15BrO4. The summed E-state index contributed by atoms with van der Waals surface area (Å²) in [7, 11) is 3.22. The number of halogens is 1. The van der Waals surface area contributed by atoms with Crippen molar-refractivity contribution in [2.45, 2.75) is 5.79 Å². The van der Waals surface area contributed by atoms with E-state index in [-0.39, 0.29) is 0 Å². The first-order valence-corrected chi connectivity index (χ1v) is 6.44. The molecule has 0 radical (unpaired) electrons. The van der Waals surface area contributed by atoms with Gasteiger partial charge < -0.3 is 18.9 Å². The van der Waals surface area contributed by atoms with Crippen LogP contribution in [0.5, 0.6) is 11.5 Å². The highest BCUT2D eigenvalue weighted by Crippen LogP contribution is 2.37. The predicted molar refractivity (Wildman–Crippen MR) is 66.9 cm³/mol. The Hall–Kier alpha value is -0.780. The van der Waals surface area contributed by atoms with Crippen molar-refractivity contribution in [3.05, 3.63) is 23.8 Å². The Labute approximate surface area is 109 Å². The van der Waals surface area contributed by atoms with Crippen LogP contribution in [-0.2, 0) is 15.3 Å². The molecule has 1 aromatic carbocycles. The normalized spacial score (nSPS) is 18.1. The van der Waals surface area contributed by atoms with Crippen LogP contribution in [0.4, 0.5) is 0 Å². The molecule has 0 unspecified atom stereocenters. The first-order chi connectivity index (χ1) is 8.25. The minimum atomic E-state index is -0.709. The summed E-state index contributed by atoms with van der Waals surface area (Å²) in [6.07, 6.45) is 0. The molecular weight excluding hydrogens is 288 g/mol. The van der Waals surface area contributed by atoms with Crippen molar-refractivity contribution in [1.82, 2.24) is 0 Å². The summed E-state index contributed by atoms with van der Waals surface area (Å²) in [4.78, 5) is 0. The third-order valence-electron chi connectivity index (χ3n) is 2.75. The maximum atomic E-state index is 5.68. The molecule has 1 heterocycles. The molecule has 1 aliphatic heterocycles. The molecule has 1 saturated heterocycles. The van der Waals surface area contributed by atoms with E-state index in [2.05, 4.69) is 15.9 Å². The lowest BCUT2D eigenvalue weighted by molar-refractivity contribution is -0.144. The second kappa shape index (κ2) is 5.25. The van der Waals surface area contributed by atoms with Crippen LogP contribution in [0.3, 0.4) is 0 Å². The van der Waals surface area contributed by atoms with Crippen molar-refractivity contribution in [3.63, 3.8) is 0 Å². The van der Waals surface area contributed by atoms with Crippen LogP contribution in [0.2, 0.25) is 0 Å². The standard InChI is InChI=1S/C12H15BrO4/c1-14-10-4-3-9(7-11(10)15-2)12(8-13)16-5-6-17-12/h3-4,7H,5-6,8H2,1-2H3. The molecule has 4 nitrogen and oxygen atoms in total. The minimum Gasteiger partial charge on any atom is -0.493 e. The zero-order chi connectivity index (χ0) is 12.3. The van der Waals surface area contributed by atoms with E-state index in [1.807, 2.05) is 18.2 Å². The van der Waals surface area contributed by atoms with E-state index in [0.717, 1.165) is 5.56 Å². The van der Waals surface area contributed by atoms with Gasteiger partial charge in [0.15, 0.2) is 11.5 Å². The second-order valence-electron chi connectivity index (χ2n) is 3.65. The minimum absolute atomic E-state index is 0.579. The third kappa shape index (κ3) is 2.27. The maximum Gasteiger partial charge on any atom is 0.205 e. The molecule has 0 amide bonds. The van der Waals surface area contributed by atoms with Crippen LogP contribution < -0.4 is 9.47 Å². The Morgan fingerprint density at radius 3 is 2.35 bits per heavy atom. The second-order valence-corrected chi connectivity index (χ2v) is 4.21. The van der Waals surface area contributed by atoms with Crippen molar-refractivity contribution < 1.29 is 18.9 Å². The highest BCUT2D eigenvalue weighted by Gasteiger charge is 2.38. The van der Waals surface area contributed by atoms with E-state index in [0.29, 0.717) is 30.0 Å². The van der Waals surface area contributed by atoms with E-state index < -0.39 is 5.79 Å². The number of methoxy groups -OCH3 is 2. The van der Waals surface area contributed by atoms with E-state index in [1.165, 1.54) is 0 Å². The smallest absolute Gasteiger partial charge is 0.205 e. The molecule has 1 aliphatic rings. The molecule has 2 rings (SSSR count). The van der Waals surface area contributed by atoms with Crippen molar-refractivity contribution in [2.24, 2.45) is 0 Å².